The average molecular weight is 405 g/mol. The quantitative estimate of drug-likeness (QED) is 0.606. The van der Waals surface area contributed by atoms with Crippen LogP contribution in [0.15, 0.2) is 18.2 Å². The van der Waals surface area contributed by atoms with Crippen molar-refractivity contribution in [2.24, 2.45) is 5.73 Å². The minimum Gasteiger partial charge on any atom is -0.493 e. The molecular weight excluding hydrogens is 372 g/mol. The topological polar surface area (TPSA) is 91.1 Å². The summed E-state index contributed by atoms with van der Waals surface area (Å²) in [5, 5.41) is 0. The van der Waals surface area contributed by atoms with Crippen molar-refractivity contribution in [1.82, 2.24) is 4.90 Å². The molecule has 1 saturated carbocycles. The molecule has 1 heterocycles. The van der Waals surface area contributed by atoms with Crippen molar-refractivity contribution in [3.63, 3.8) is 0 Å². The largest absolute Gasteiger partial charge is 0.493 e. The first-order valence-electron chi connectivity index (χ1n) is 10.5. The van der Waals surface area contributed by atoms with Gasteiger partial charge in [-0.25, -0.2) is 0 Å². The summed E-state index contributed by atoms with van der Waals surface area (Å²) in [5.41, 5.74) is 6.78. The van der Waals surface area contributed by atoms with Gasteiger partial charge in [-0.05, 0) is 56.7 Å². The second kappa shape index (κ2) is 10.1. The van der Waals surface area contributed by atoms with Crippen LogP contribution in [0.3, 0.4) is 0 Å². The number of hydrogen-bond donors (Lipinski definition) is 1. The minimum atomic E-state index is -0.531. The second-order valence-electron chi connectivity index (χ2n) is 7.82. The lowest BCUT2D eigenvalue weighted by Gasteiger charge is -2.34. The standard InChI is InChI=1S/C22H32N2O5/c1-15(24(17-8-9-17)22(26)19-6-3-4-12-28-19)16-7-10-18(21(23)25)20(14-16)29-13-5-11-27-2/h7,10,14-15,17,19H,3-6,8-9,11-13H2,1-2H3,(H2,23,25)/t15?,19-/m1/s1. The van der Waals surface area contributed by atoms with Gasteiger partial charge in [0.05, 0.1) is 18.2 Å². The molecule has 2 N–H and O–H groups in total. The van der Waals surface area contributed by atoms with Crippen LogP contribution in [-0.2, 0) is 14.3 Å². The van der Waals surface area contributed by atoms with Crippen LogP contribution >= 0.6 is 0 Å². The molecule has 2 atom stereocenters. The zero-order valence-corrected chi connectivity index (χ0v) is 17.4. The molecule has 1 aliphatic heterocycles. The number of hydrogen-bond acceptors (Lipinski definition) is 5. The number of nitrogens with two attached hydrogens (primary N) is 1. The second-order valence-corrected chi connectivity index (χ2v) is 7.82. The average Bonchev–Trinajstić information content (AvgIpc) is 3.56. The van der Waals surface area contributed by atoms with Crippen LogP contribution in [0.25, 0.3) is 0 Å². The van der Waals surface area contributed by atoms with Gasteiger partial charge in [-0.15, -0.1) is 0 Å². The molecule has 2 aliphatic rings. The van der Waals surface area contributed by atoms with Crippen LogP contribution in [0.2, 0.25) is 0 Å². The highest BCUT2D eigenvalue weighted by molar-refractivity contribution is 5.95. The molecule has 0 aromatic heterocycles. The van der Waals surface area contributed by atoms with Crippen LogP contribution in [0.4, 0.5) is 0 Å². The van der Waals surface area contributed by atoms with Crippen molar-refractivity contribution >= 4 is 11.8 Å². The highest BCUT2D eigenvalue weighted by Crippen LogP contribution is 2.37. The molecule has 1 aliphatic carbocycles. The number of ether oxygens (including phenoxy) is 3. The fraction of sp³-hybridized carbons (Fsp3) is 0.636. The Balaban J connectivity index is 1.79. The minimum absolute atomic E-state index is 0.0706. The normalized spacial score (nSPS) is 20.1. The number of primary amides is 1. The van der Waals surface area contributed by atoms with Crippen molar-refractivity contribution in [3.05, 3.63) is 29.3 Å². The lowest BCUT2D eigenvalue weighted by Crippen LogP contribution is -2.44. The number of carbonyl (C=O) groups is 2. The Labute approximate surface area is 172 Å². The Kier molecular flexibility index (Phi) is 7.50. The molecule has 1 unspecified atom stereocenters. The Bertz CT molecular complexity index is 713. The van der Waals surface area contributed by atoms with E-state index in [-0.39, 0.29) is 24.1 Å². The first kappa shape index (κ1) is 21.6. The summed E-state index contributed by atoms with van der Waals surface area (Å²) in [6.07, 6.45) is 5.22. The molecule has 2 amide bonds. The predicted octanol–water partition coefficient (Wildman–Crippen LogP) is 2.82. The van der Waals surface area contributed by atoms with Gasteiger partial charge in [0, 0.05) is 32.8 Å². The van der Waals surface area contributed by atoms with Gasteiger partial charge in [0.25, 0.3) is 11.8 Å². The third kappa shape index (κ3) is 5.48. The molecule has 7 heteroatoms. The monoisotopic (exact) mass is 404 g/mol. The van der Waals surface area contributed by atoms with Crippen LogP contribution in [0.1, 0.15) is 67.4 Å². The van der Waals surface area contributed by atoms with Crippen molar-refractivity contribution in [3.8, 4) is 5.75 Å². The van der Waals surface area contributed by atoms with Crippen molar-refractivity contribution in [2.75, 3.05) is 26.9 Å². The lowest BCUT2D eigenvalue weighted by molar-refractivity contribution is -0.149. The maximum atomic E-state index is 13.2. The van der Waals surface area contributed by atoms with E-state index in [1.807, 2.05) is 24.0 Å². The summed E-state index contributed by atoms with van der Waals surface area (Å²) in [5.74, 6) is -0.00650. The summed E-state index contributed by atoms with van der Waals surface area (Å²) in [6.45, 7) is 3.67. The summed E-state index contributed by atoms with van der Waals surface area (Å²) in [7, 11) is 1.64. The van der Waals surface area contributed by atoms with Gasteiger partial charge in [0.15, 0.2) is 0 Å². The molecule has 160 valence electrons. The Hall–Kier alpha value is -2.12. The van der Waals surface area contributed by atoms with E-state index < -0.39 is 5.91 Å². The van der Waals surface area contributed by atoms with Crippen molar-refractivity contribution < 1.29 is 23.8 Å². The molecule has 2 fully saturated rings. The van der Waals surface area contributed by atoms with E-state index in [9.17, 15) is 9.59 Å². The van der Waals surface area contributed by atoms with Gasteiger partial charge in [0.2, 0.25) is 0 Å². The van der Waals surface area contributed by atoms with Gasteiger partial charge >= 0.3 is 0 Å². The third-order valence-electron chi connectivity index (χ3n) is 5.57. The van der Waals surface area contributed by atoms with Gasteiger partial charge in [-0.3, -0.25) is 9.59 Å². The maximum Gasteiger partial charge on any atom is 0.252 e. The summed E-state index contributed by atoms with van der Waals surface area (Å²) in [6, 6.07) is 5.50. The zero-order chi connectivity index (χ0) is 20.8. The molecule has 0 radical (unpaired) electrons. The van der Waals surface area contributed by atoms with E-state index in [1.54, 1.807) is 13.2 Å². The van der Waals surface area contributed by atoms with Crippen molar-refractivity contribution in [2.45, 2.75) is 63.6 Å². The third-order valence-corrected chi connectivity index (χ3v) is 5.57. The summed E-state index contributed by atoms with van der Waals surface area (Å²) in [4.78, 5) is 26.9. The first-order chi connectivity index (χ1) is 14.0. The smallest absolute Gasteiger partial charge is 0.252 e. The number of carbonyl (C=O) groups excluding carboxylic acids is 2. The van der Waals surface area contributed by atoms with Gasteiger partial charge < -0.3 is 24.8 Å². The van der Waals surface area contributed by atoms with Crippen LogP contribution in [0, 0.1) is 0 Å². The molecule has 0 bridgehead atoms. The predicted molar refractivity (Wildman–Crippen MR) is 109 cm³/mol. The van der Waals surface area contributed by atoms with Crippen LogP contribution in [-0.4, -0.2) is 55.8 Å². The molecule has 1 saturated heterocycles. The molecule has 0 spiro atoms. The fourth-order valence-corrected chi connectivity index (χ4v) is 3.81. The Morgan fingerprint density at radius 3 is 2.66 bits per heavy atom. The number of rotatable bonds is 10. The molecule has 7 nitrogen and oxygen atoms in total. The number of benzene rings is 1. The van der Waals surface area contributed by atoms with Gasteiger partial charge in [0.1, 0.15) is 11.9 Å². The van der Waals surface area contributed by atoms with Crippen molar-refractivity contribution in [1.29, 1.82) is 0 Å². The van der Waals surface area contributed by atoms with Crippen LogP contribution in [0.5, 0.6) is 5.75 Å². The highest BCUT2D eigenvalue weighted by Gasteiger charge is 2.40. The molecule has 29 heavy (non-hydrogen) atoms. The van der Waals surface area contributed by atoms with Gasteiger partial charge in [-0.2, -0.15) is 0 Å². The first-order valence-corrected chi connectivity index (χ1v) is 10.5. The van der Waals surface area contributed by atoms with E-state index in [0.717, 1.165) is 37.7 Å². The van der Waals surface area contributed by atoms with E-state index in [2.05, 4.69) is 0 Å². The number of nitrogens with zero attached hydrogens (tertiary/aromatic N) is 1. The van der Waals surface area contributed by atoms with E-state index >= 15 is 0 Å². The zero-order valence-electron chi connectivity index (χ0n) is 17.4. The molecule has 1 aromatic rings. The Morgan fingerprint density at radius 1 is 1.24 bits per heavy atom. The number of methoxy groups -OCH3 is 1. The van der Waals surface area contributed by atoms with E-state index in [0.29, 0.717) is 37.6 Å². The van der Waals surface area contributed by atoms with Gasteiger partial charge in [-0.1, -0.05) is 6.07 Å². The number of amides is 2. The lowest BCUT2D eigenvalue weighted by atomic mass is 10.0. The van der Waals surface area contributed by atoms with E-state index in [4.69, 9.17) is 19.9 Å². The molecule has 3 rings (SSSR count). The highest BCUT2D eigenvalue weighted by atomic mass is 16.5. The molecular formula is C22H32N2O5. The maximum absolute atomic E-state index is 13.2. The SMILES string of the molecule is COCCCOc1cc(C(C)N(C(=O)[C@H]2CCCCO2)C2CC2)ccc1C(N)=O. The fourth-order valence-electron chi connectivity index (χ4n) is 3.81. The summed E-state index contributed by atoms with van der Waals surface area (Å²) >= 11 is 0. The summed E-state index contributed by atoms with van der Waals surface area (Å²) < 4.78 is 16.6. The molecule has 1 aromatic carbocycles. The van der Waals surface area contributed by atoms with E-state index in [1.165, 1.54) is 0 Å². The Morgan fingerprint density at radius 2 is 2.03 bits per heavy atom. The van der Waals surface area contributed by atoms with Crippen LogP contribution < -0.4 is 10.5 Å².